The number of amides is 1. The van der Waals surface area contributed by atoms with Crippen LogP contribution in [0.2, 0.25) is 0 Å². The number of aromatic amines is 1. The Kier molecular flexibility index (Phi) is 2.85. The van der Waals surface area contributed by atoms with Gasteiger partial charge in [-0.25, -0.2) is 9.88 Å². The van der Waals surface area contributed by atoms with Gasteiger partial charge in [0.25, 0.3) is 11.7 Å². The van der Waals surface area contributed by atoms with Gasteiger partial charge in [-0.15, -0.1) is 0 Å². The third-order valence-corrected chi connectivity index (χ3v) is 4.49. The Bertz CT molecular complexity index is 777. The maximum absolute atomic E-state index is 12.2. The minimum Gasteiger partial charge on any atom is -0.389 e. The molecule has 2 aliphatic rings. The molecular formula is C16H18N3O3+. The fourth-order valence-corrected chi connectivity index (χ4v) is 3.42. The van der Waals surface area contributed by atoms with Crippen molar-refractivity contribution in [3.63, 3.8) is 0 Å². The number of rotatable bonds is 0. The quantitative estimate of drug-likeness (QED) is 0.640. The highest BCUT2D eigenvalue weighted by Gasteiger charge is 2.47. The van der Waals surface area contributed by atoms with Crippen LogP contribution in [0, 0.1) is 6.92 Å². The van der Waals surface area contributed by atoms with E-state index < -0.39 is 18.4 Å². The number of hydrogen-bond acceptors (Lipinski definition) is 4. The normalized spacial score (nSPS) is 27.3. The van der Waals surface area contributed by atoms with Crippen LogP contribution in [0.4, 0.5) is 5.82 Å². The van der Waals surface area contributed by atoms with Crippen LogP contribution in [-0.4, -0.2) is 34.8 Å². The standard InChI is InChI=1S/C16H17N3O3/c1-8-2-3-12-9(4-8)5-11-14(17-12)19-7-10(20)6-13(19)16(22)18-15(11)21/h2-5,10,13,15,20-21H,6-7H2,1H3,(H,18,22)/p+1/t10-,13+,15+/m0/s1. The van der Waals surface area contributed by atoms with Gasteiger partial charge in [-0.3, -0.25) is 4.79 Å². The first-order valence-corrected chi connectivity index (χ1v) is 7.42. The molecule has 1 aromatic carbocycles. The Morgan fingerprint density at radius 1 is 1.32 bits per heavy atom. The molecule has 0 radical (unpaired) electrons. The van der Waals surface area contributed by atoms with Gasteiger partial charge in [0, 0.05) is 11.8 Å². The first-order chi connectivity index (χ1) is 10.5. The number of nitrogens with zero attached hydrogens (tertiary/aromatic N) is 1. The Labute approximate surface area is 127 Å². The molecule has 4 rings (SSSR count). The number of hydrogen-bond donors (Lipinski definition) is 3. The monoisotopic (exact) mass is 300 g/mol. The van der Waals surface area contributed by atoms with Crippen molar-refractivity contribution in [3.8, 4) is 0 Å². The van der Waals surface area contributed by atoms with Crippen molar-refractivity contribution >= 4 is 22.6 Å². The fraction of sp³-hybridized carbons (Fsp3) is 0.375. The van der Waals surface area contributed by atoms with E-state index in [0.717, 1.165) is 16.5 Å². The second-order valence-electron chi connectivity index (χ2n) is 6.13. The van der Waals surface area contributed by atoms with E-state index in [1.54, 1.807) is 0 Å². The molecule has 6 nitrogen and oxygen atoms in total. The number of aliphatic hydroxyl groups excluding tert-OH is 2. The number of fused-ring (bicyclic) bond motifs is 4. The topological polar surface area (TPSA) is 86.9 Å². The maximum atomic E-state index is 12.2. The summed E-state index contributed by atoms with van der Waals surface area (Å²) in [5.41, 5.74) is 2.69. The zero-order valence-corrected chi connectivity index (χ0v) is 12.2. The molecule has 0 saturated carbocycles. The summed E-state index contributed by atoms with van der Waals surface area (Å²) >= 11 is 0. The highest BCUT2D eigenvalue weighted by Crippen LogP contribution is 2.33. The molecule has 1 saturated heterocycles. The summed E-state index contributed by atoms with van der Waals surface area (Å²) in [6.07, 6.45) is -1.22. The molecule has 1 aromatic heterocycles. The predicted molar refractivity (Wildman–Crippen MR) is 80.1 cm³/mol. The van der Waals surface area contributed by atoms with E-state index in [9.17, 15) is 15.0 Å². The average molecular weight is 300 g/mol. The lowest BCUT2D eigenvalue weighted by atomic mass is 10.1. The average Bonchev–Trinajstić information content (AvgIpc) is 2.84. The largest absolute Gasteiger partial charge is 0.389 e. The number of aryl methyl sites for hydroxylation is 1. The van der Waals surface area contributed by atoms with Gasteiger partial charge in [0.2, 0.25) is 0 Å². The van der Waals surface area contributed by atoms with E-state index in [4.69, 9.17) is 0 Å². The second-order valence-corrected chi connectivity index (χ2v) is 6.13. The van der Waals surface area contributed by atoms with Crippen molar-refractivity contribution in [2.75, 3.05) is 11.4 Å². The summed E-state index contributed by atoms with van der Waals surface area (Å²) in [5, 5.41) is 23.8. The van der Waals surface area contributed by atoms with Crippen LogP contribution < -0.4 is 15.2 Å². The first kappa shape index (κ1) is 13.5. The lowest BCUT2D eigenvalue weighted by Crippen LogP contribution is -2.42. The van der Waals surface area contributed by atoms with Gasteiger partial charge in [-0.1, -0.05) is 11.6 Å². The maximum Gasteiger partial charge on any atom is 0.283 e. The van der Waals surface area contributed by atoms with E-state index in [1.165, 1.54) is 0 Å². The van der Waals surface area contributed by atoms with Gasteiger partial charge in [-0.05, 0) is 25.1 Å². The van der Waals surface area contributed by atoms with Crippen molar-refractivity contribution in [3.05, 3.63) is 35.4 Å². The number of anilines is 1. The van der Waals surface area contributed by atoms with E-state index in [0.29, 0.717) is 24.3 Å². The molecule has 1 fully saturated rings. The summed E-state index contributed by atoms with van der Waals surface area (Å²) in [5.74, 6) is 0.442. The van der Waals surface area contributed by atoms with Crippen LogP contribution in [0.1, 0.15) is 23.8 Å². The number of carbonyl (C=O) groups excluding carboxylic acids is 1. The number of aliphatic hydroxyl groups is 2. The Morgan fingerprint density at radius 2 is 2.14 bits per heavy atom. The molecule has 0 unspecified atom stereocenters. The van der Waals surface area contributed by atoms with Crippen molar-refractivity contribution < 1.29 is 20.0 Å². The predicted octanol–water partition coefficient (Wildman–Crippen LogP) is 0.0226. The van der Waals surface area contributed by atoms with E-state index in [-0.39, 0.29) is 5.91 Å². The molecule has 2 aliphatic heterocycles. The van der Waals surface area contributed by atoms with Gasteiger partial charge in [-0.2, -0.15) is 0 Å². The molecular weight excluding hydrogens is 282 g/mol. The Hall–Kier alpha value is -2.18. The van der Waals surface area contributed by atoms with E-state index >= 15 is 0 Å². The lowest BCUT2D eigenvalue weighted by Gasteiger charge is -2.15. The van der Waals surface area contributed by atoms with Crippen LogP contribution in [0.15, 0.2) is 24.3 Å². The molecule has 3 atom stereocenters. The van der Waals surface area contributed by atoms with Crippen molar-refractivity contribution in [2.45, 2.75) is 31.7 Å². The Morgan fingerprint density at radius 3 is 2.95 bits per heavy atom. The molecule has 3 heterocycles. The Balaban J connectivity index is 1.94. The molecule has 22 heavy (non-hydrogen) atoms. The number of aromatic nitrogens is 1. The minimum atomic E-state index is -1.05. The number of pyridine rings is 1. The van der Waals surface area contributed by atoms with Crippen LogP contribution in [0.25, 0.3) is 10.9 Å². The molecule has 0 spiro atoms. The first-order valence-electron chi connectivity index (χ1n) is 7.42. The van der Waals surface area contributed by atoms with Gasteiger partial charge < -0.3 is 15.5 Å². The van der Waals surface area contributed by atoms with Crippen LogP contribution in [-0.2, 0) is 4.79 Å². The SMILES string of the molecule is Cc1ccc2[nH+]c3c(cc2c1)[C@@H](O)NC(=O)[C@H]1C[C@H](O)CN31. The molecule has 1 amide bonds. The molecule has 6 heteroatoms. The number of benzene rings is 1. The highest BCUT2D eigenvalue weighted by molar-refractivity contribution is 5.88. The molecule has 2 aromatic rings. The van der Waals surface area contributed by atoms with E-state index in [2.05, 4.69) is 10.3 Å². The van der Waals surface area contributed by atoms with Gasteiger partial charge in [0.1, 0.15) is 12.1 Å². The van der Waals surface area contributed by atoms with Gasteiger partial charge in [0.05, 0.1) is 11.7 Å². The summed E-state index contributed by atoms with van der Waals surface area (Å²) < 4.78 is 0. The number of H-pyrrole nitrogens is 1. The fourth-order valence-electron chi connectivity index (χ4n) is 3.42. The number of nitrogens with one attached hydrogen (secondary N) is 2. The smallest absolute Gasteiger partial charge is 0.283 e. The summed E-state index contributed by atoms with van der Waals surface area (Å²) in [7, 11) is 0. The van der Waals surface area contributed by atoms with Gasteiger partial charge in [0.15, 0.2) is 12.3 Å². The molecule has 4 N–H and O–H groups in total. The highest BCUT2D eigenvalue weighted by atomic mass is 16.3. The van der Waals surface area contributed by atoms with Crippen LogP contribution in [0.5, 0.6) is 0 Å². The molecule has 0 aliphatic carbocycles. The van der Waals surface area contributed by atoms with Crippen LogP contribution in [0.3, 0.4) is 0 Å². The van der Waals surface area contributed by atoms with Crippen LogP contribution >= 0.6 is 0 Å². The zero-order valence-electron chi connectivity index (χ0n) is 12.2. The molecule has 0 bridgehead atoms. The second kappa shape index (κ2) is 4.66. The van der Waals surface area contributed by atoms with Gasteiger partial charge >= 0.3 is 0 Å². The summed E-state index contributed by atoms with van der Waals surface area (Å²) in [4.78, 5) is 17.4. The number of carbonyl (C=O) groups is 1. The third kappa shape index (κ3) is 1.95. The third-order valence-electron chi connectivity index (χ3n) is 4.49. The summed E-state index contributed by atoms with van der Waals surface area (Å²) in [6, 6.07) is 7.47. The van der Waals surface area contributed by atoms with E-state index in [1.807, 2.05) is 36.1 Å². The summed E-state index contributed by atoms with van der Waals surface area (Å²) in [6.45, 7) is 2.39. The van der Waals surface area contributed by atoms with Crippen molar-refractivity contribution in [1.82, 2.24) is 5.32 Å². The molecule has 114 valence electrons. The van der Waals surface area contributed by atoms with Crippen molar-refractivity contribution in [1.29, 1.82) is 0 Å². The zero-order chi connectivity index (χ0) is 15.4. The van der Waals surface area contributed by atoms with Crippen molar-refractivity contribution in [2.24, 2.45) is 0 Å². The lowest BCUT2D eigenvalue weighted by molar-refractivity contribution is -0.331. The minimum absolute atomic E-state index is 0.256.